The van der Waals surface area contributed by atoms with E-state index in [4.69, 9.17) is 14.2 Å². The van der Waals surface area contributed by atoms with Gasteiger partial charge < -0.3 is 24.6 Å². The molecule has 1 aromatic rings. The lowest BCUT2D eigenvalue weighted by Crippen LogP contribution is -2.46. The molecule has 1 heterocycles. The summed E-state index contributed by atoms with van der Waals surface area (Å²) in [7, 11) is 4.83. The Kier molecular flexibility index (Phi) is 5.67. The predicted octanol–water partition coefficient (Wildman–Crippen LogP) is 0.651. The van der Waals surface area contributed by atoms with Crippen LogP contribution in [0.1, 0.15) is 11.6 Å². The third-order valence-electron chi connectivity index (χ3n) is 3.85. The van der Waals surface area contributed by atoms with E-state index in [0.717, 1.165) is 31.7 Å². The quantitative estimate of drug-likeness (QED) is 0.804. The molecule has 1 aliphatic heterocycles. The van der Waals surface area contributed by atoms with Crippen LogP contribution in [0.25, 0.3) is 0 Å². The van der Waals surface area contributed by atoms with Gasteiger partial charge >= 0.3 is 0 Å². The van der Waals surface area contributed by atoms with Crippen molar-refractivity contribution in [2.75, 3.05) is 54.1 Å². The van der Waals surface area contributed by atoms with E-state index in [2.05, 4.69) is 10.2 Å². The summed E-state index contributed by atoms with van der Waals surface area (Å²) in [5.74, 6) is 2.01. The number of piperazine rings is 1. The van der Waals surface area contributed by atoms with Gasteiger partial charge in [-0.25, -0.2) is 0 Å². The molecule has 0 radical (unpaired) electrons. The Hall–Kier alpha value is -1.50. The molecule has 2 N–H and O–H groups in total. The molecular formula is C15H24N2O4. The maximum absolute atomic E-state index is 9.89. The summed E-state index contributed by atoms with van der Waals surface area (Å²) in [4.78, 5) is 2.24. The molecule has 6 nitrogen and oxygen atoms in total. The van der Waals surface area contributed by atoms with E-state index in [0.29, 0.717) is 17.2 Å². The van der Waals surface area contributed by atoms with Gasteiger partial charge in [0.05, 0.1) is 39.5 Å². The Morgan fingerprint density at radius 2 is 1.67 bits per heavy atom. The summed E-state index contributed by atoms with van der Waals surface area (Å²) in [6.45, 7) is 3.60. The molecule has 21 heavy (non-hydrogen) atoms. The van der Waals surface area contributed by atoms with Gasteiger partial charge in [0.15, 0.2) is 0 Å². The maximum Gasteiger partial charge on any atom is 0.131 e. The molecule has 118 valence electrons. The van der Waals surface area contributed by atoms with Crippen LogP contribution in [-0.4, -0.2) is 64.1 Å². The predicted molar refractivity (Wildman–Crippen MR) is 80.4 cm³/mol. The number of hydrogen-bond acceptors (Lipinski definition) is 6. The molecule has 1 unspecified atom stereocenters. The van der Waals surface area contributed by atoms with Gasteiger partial charge in [-0.2, -0.15) is 0 Å². The van der Waals surface area contributed by atoms with Gasteiger partial charge in [-0.1, -0.05) is 0 Å². The second-order valence-corrected chi connectivity index (χ2v) is 4.93. The number of ether oxygens (including phenoxy) is 3. The summed E-state index contributed by atoms with van der Waals surface area (Å²) >= 11 is 0. The van der Waals surface area contributed by atoms with Crippen LogP contribution in [-0.2, 0) is 0 Å². The molecule has 0 aromatic heterocycles. The highest BCUT2D eigenvalue weighted by Gasteiger charge is 2.28. The maximum atomic E-state index is 9.89. The Morgan fingerprint density at radius 3 is 2.10 bits per heavy atom. The number of hydrogen-bond donors (Lipinski definition) is 2. The van der Waals surface area contributed by atoms with E-state index in [9.17, 15) is 5.11 Å². The first kappa shape index (κ1) is 15.9. The van der Waals surface area contributed by atoms with Crippen molar-refractivity contribution in [1.82, 2.24) is 10.2 Å². The van der Waals surface area contributed by atoms with Crippen LogP contribution in [0.2, 0.25) is 0 Å². The Morgan fingerprint density at radius 1 is 1.10 bits per heavy atom. The topological polar surface area (TPSA) is 63.2 Å². The zero-order valence-corrected chi connectivity index (χ0v) is 12.9. The molecule has 0 amide bonds. The van der Waals surface area contributed by atoms with Crippen molar-refractivity contribution < 1.29 is 19.3 Å². The molecule has 1 atom stereocenters. The second kappa shape index (κ2) is 7.49. The molecule has 1 saturated heterocycles. The van der Waals surface area contributed by atoms with E-state index in [1.165, 1.54) is 0 Å². The molecule has 0 saturated carbocycles. The SMILES string of the molecule is COc1cc(OC)c(C(CO)N2CCNCC2)c(OC)c1. The number of methoxy groups -OCH3 is 3. The third-order valence-corrected chi connectivity index (χ3v) is 3.85. The van der Waals surface area contributed by atoms with Crippen LogP contribution < -0.4 is 19.5 Å². The number of rotatable bonds is 6. The van der Waals surface area contributed by atoms with Gasteiger partial charge in [-0.3, -0.25) is 4.90 Å². The number of aliphatic hydroxyl groups excluding tert-OH is 1. The molecule has 1 aromatic carbocycles. The Labute approximate surface area is 125 Å². The van der Waals surface area contributed by atoms with Crippen molar-refractivity contribution in [3.63, 3.8) is 0 Å². The summed E-state index contributed by atoms with van der Waals surface area (Å²) in [6.07, 6.45) is 0. The fraction of sp³-hybridized carbons (Fsp3) is 0.600. The molecule has 1 aliphatic rings. The largest absolute Gasteiger partial charge is 0.496 e. The van der Waals surface area contributed by atoms with Crippen molar-refractivity contribution in [3.05, 3.63) is 17.7 Å². The number of nitrogens with one attached hydrogen (secondary N) is 1. The standard InChI is InChI=1S/C15H24N2O4/c1-19-11-8-13(20-2)15(14(9-11)21-3)12(10-18)17-6-4-16-5-7-17/h8-9,12,16,18H,4-7,10H2,1-3H3. The van der Waals surface area contributed by atoms with Crippen molar-refractivity contribution in [2.24, 2.45) is 0 Å². The molecule has 0 bridgehead atoms. The van der Waals surface area contributed by atoms with Crippen LogP contribution in [0, 0.1) is 0 Å². The van der Waals surface area contributed by atoms with Gasteiger partial charge in [0, 0.05) is 38.3 Å². The molecule has 6 heteroatoms. The van der Waals surface area contributed by atoms with Gasteiger partial charge in [0.25, 0.3) is 0 Å². The lowest BCUT2D eigenvalue weighted by Gasteiger charge is -2.35. The summed E-state index contributed by atoms with van der Waals surface area (Å²) < 4.78 is 16.2. The average molecular weight is 296 g/mol. The monoisotopic (exact) mass is 296 g/mol. The fourth-order valence-corrected chi connectivity index (χ4v) is 2.74. The average Bonchev–Trinajstić information content (AvgIpc) is 2.56. The van der Waals surface area contributed by atoms with E-state index in [1.807, 2.05) is 12.1 Å². The first-order chi connectivity index (χ1) is 10.2. The van der Waals surface area contributed by atoms with Gasteiger partial charge in [-0.05, 0) is 0 Å². The first-order valence-electron chi connectivity index (χ1n) is 7.10. The van der Waals surface area contributed by atoms with E-state index >= 15 is 0 Å². The molecule has 1 fully saturated rings. The summed E-state index contributed by atoms with van der Waals surface area (Å²) in [5, 5.41) is 13.2. The zero-order chi connectivity index (χ0) is 15.2. The van der Waals surface area contributed by atoms with Crippen LogP contribution >= 0.6 is 0 Å². The zero-order valence-electron chi connectivity index (χ0n) is 12.9. The third kappa shape index (κ3) is 3.40. The van der Waals surface area contributed by atoms with Crippen molar-refractivity contribution >= 4 is 0 Å². The number of nitrogens with zero attached hydrogens (tertiary/aromatic N) is 1. The highest BCUT2D eigenvalue weighted by Crippen LogP contribution is 2.40. The van der Waals surface area contributed by atoms with Gasteiger partial charge in [0.2, 0.25) is 0 Å². The van der Waals surface area contributed by atoms with Crippen molar-refractivity contribution in [2.45, 2.75) is 6.04 Å². The molecule has 2 rings (SSSR count). The van der Waals surface area contributed by atoms with E-state index in [-0.39, 0.29) is 12.6 Å². The number of benzene rings is 1. The minimum absolute atomic E-state index is 0.0129. The summed E-state index contributed by atoms with van der Waals surface area (Å²) in [6, 6.07) is 3.49. The highest BCUT2D eigenvalue weighted by molar-refractivity contribution is 5.52. The lowest BCUT2D eigenvalue weighted by atomic mass is 10.0. The minimum Gasteiger partial charge on any atom is -0.496 e. The van der Waals surface area contributed by atoms with Crippen LogP contribution in [0.4, 0.5) is 0 Å². The van der Waals surface area contributed by atoms with Crippen molar-refractivity contribution in [1.29, 1.82) is 0 Å². The van der Waals surface area contributed by atoms with E-state index < -0.39 is 0 Å². The van der Waals surface area contributed by atoms with Gasteiger partial charge in [-0.15, -0.1) is 0 Å². The first-order valence-corrected chi connectivity index (χ1v) is 7.10. The van der Waals surface area contributed by atoms with Crippen molar-refractivity contribution in [3.8, 4) is 17.2 Å². The Balaban J connectivity index is 2.42. The normalized spacial score (nSPS) is 17.3. The van der Waals surface area contributed by atoms with Gasteiger partial charge in [0.1, 0.15) is 17.2 Å². The second-order valence-electron chi connectivity index (χ2n) is 4.93. The van der Waals surface area contributed by atoms with E-state index in [1.54, 1.807) is 21.3 Å². The van der Waals surface area contributed by atoms with Crippen LogP contribution in [0.5, 0.6) is 17.2 Å². The molecule has 0 spiro atoms. The molecule has 0 aliphatic carbocycles. The van der Waals surface area contributed by atoms with Crippen LogP contribution in [0.15, 0.2) is 12.1 Å². The fourth-order valence-electron chi connectivity index (χ4n) is 2.74. The lowest BCUT2D eigenvalue weighted by molar-refractivity contribution is 0.106. The highest BCUT2D eigenvalue weighted by atomic mass is 16.5. The Bertz CT molecular complexity index is 436. The summed E-state index contributed by atoms with van der Waals surface area (Å²) in [5.41, 5.74) is 0.866. The smallest absolute Gasteiger partial charge is 0.131 e. The molecular weight excluding hydrogens is 272 g/mol. The van der Waals surface area contributed by atoms with Crippen LogP contribution in [0.3, 0.4) is 0 Å². The number of aliphatic hydroxyl groups is 1. The minimum atomic E-state index is -0.150.